The highest BCUT2D eigenvalue weighted by molar-refractivity contribution is 6.10. The van der Waals surface area contributed by atoms with E-state index in [-0.39, 0.29) is 5.69 Å². The maximum absolute atomic E-state index is 13.0. The van der Waals surface area contributed by atoms with Gasteiger partial charge in [0.15, 0.2) is 11.5 Å². The number of benzene rings is 2. The van der Waals surface area contributed by atoms with Gasteiger partial charge in [0.1, 0.15) is 12.1 Å². The van der Waals surface area contributed by atoms with Gasteiger partial charge in [-0.25, -0.2) is 4.79 Å². The van der Waals surface area contributed by atoms with Crippen molar-refractivity contribution in [1.82, 2.24) is 10.2 Å². The van der Waals surface area contributed by atoms with E-state index >= 15 is 0 Å². The van der Waals surface area contributed by atoms with Crippen LogP contribution in [0, 0.1) is 10.1 Å². The first-order chi connectivity index (χ1) is 15.7. The van der Waals surface area contributed by atoms with E-state index in [0.717, 1.165) is 4.90 Å². The van der Waals surface area contributed by atoms with E-state index in [4.69, 9.17) is 9.47 Å². The van der Waals surface area contributed by atoms with Crippen LogP contribution in [0.4, 0.5) is 16.2 Å². The smallest absolute Gasteiger partial charge is 0.325 e. The Hall–Kier alpha value is -4.15. The number of carbonyl (C=O) groups is 3. The predicted molar refractivity (Wildman–Crippen MR) is 118 cm³/mol. The van der Waals surface area contributed by atoms with Crippen LogP contribution in [0.3, 0.4) is 0 Å². The van der Waals surface area contributed by atoms with Gasteiger partial charge in [-0.1, -0.05) is 0 Å². The normalized spacial score (nSPS) is 17.5. The summed E-state index contributed by atoms with van der Waals surface area (Å²) in [5.74, 6) is -0.237. The number of rotatable bonds is 9. The van der Waals surface area contributed by atoms with E-state index in [9.17, 15) is 24.5 Å². The molecule has 11 nitrogen and oxygen atoms in total. The predicted octanol–water partition coefficient (Wildman–Crippen LogP) is 2.80. The monoisotopic (exact) mass is 456 g/mol. The van der Waals surface area contributed by atoms with Crippen LogP contribution < -0.4 is 20.1 Å². The second-order valence-electron chi connectivity index (χ2n) is 7.33. The van der Waals surface area contributed by atoms with Crippen LogP contribution in [0.1, 0.15) is 26.3 Å². The molecule has 1 heterocycles. The number of ether oxygens (including phenoxy) is 2. The van der Waals surface area contributed by atoms with Gasteiger partial charge in [0.25, 0.3) is 11.6 Å². The van der Waals surface area contributed by atoms with Crippen molar-refractivity contribution in [3.8, 4) is 11.5 Å². The van der Waals surface area contributed by atoms with Gasteiger partial charge in [0.05, 0.1) is 18.1 Å². The van der Waals surface area contributed by atoms with Crippen LogP contribution in [0.15, 0.2) is 42.5 Å². The van der Waals surface area contributed by atoms with Gasteiger partial charge >= 0.3 is 6.03 Å². The highest BCUT2D eigenvalue weighted by Gasteiger charge is 2.49. The number of anilines is 1. The van der Waals surface area contributed by atoms with Gasteiger partial charge < -0.3 is 20.1 Å². The van der Waals surface area contributed by atoms with Crippen molar-refractivity contribution in [2.45, 2.75) is 26.3 Å². The summed E-state index contributed by atoms with van der Waals surface area (Å²) in [6.07, 6.45) is 0. The van der Waals surface area contributed by atoms with Gasteiger partial charge in [-0.15, -0.1) is 0 Å². The third-order valence-electron chi connectivity index (χ3n) is 5.06. The van der Waals surface area contributed by atoms with Crippen molar-refractivity contribution in [1.29, 1.82) is 0 Å². The number of nitrogens with zero attached hydrogens (tertiary/aromatic N) is 2. The summed E-state index contributed by atoms with van der Waals surface area (Å²) in [5.41, 5.74) is -0.815. The Morgan fingerprint density at radius 3 is 2.33 bits per heavy atom. The molecule has 0 bridgehead atoms. The molecular weight excluding hydrogens is 432 g/mol. The molecule has 1 atom stereocenters. The summed E-state index contributed by atoms with van der Waals surface area (Å²) >= 11 is 0. The number of non-ortho nitro benzene ring substituents is 1. The van der Waals surface area contributed by atoms with Crippen LogP contribution in [0.2, 0.25) is 0 Å². The Morgan fingerprint density at radius 2 is 1.73 bits per heavy atom. The Bertz CT molecular complexity index is 1090. The fourth-order valence-corrected chi connectivity index (χ4v) is 3.43. The lowest BCUT2D eigenvalue weighted by Gasteiger charge is -2.22. The number of hydrogen-bond acceptors (Lipinski definition) is 7. The molecule has 1 fully saturated rings. The molecule has 174 valence electrons. The van der Waals surface area contributed by atoms with E-state index in [1.165, 1.54) is 31.2 Å². The fourth-order valence-electron chi connectivity index (χ4n) is 3.43. The van der Waals surface area contributed by atoms with Crippen LogP contribution in [0.5, 0.6) is 11.5 Å². The summed E-state index contributed by atoms with van der Waals surface area (Å²) in [4.78, 5) is 49.1. The molecule has 0 aromatic heterocycles. The lowest BCUT2D eigenvalue weighted by atomic mass is 9.92. The molecule has 1 aliphatic heterocycles. The zero-order valence-corrected chi connectivity index (χ0v) is 18.4. The third-order valence-corrected chi connectivity index (χ3v) is 5.06. The highest BCUT2D eigenvalue weighted by atomic mass is 16.6. The first-order valence-corrected chi connectivity index (χ1v) is 10.3. The molecule has 4 amide bonds. The maximum Gasteiger partial charge on any atom is 0.325 e. The van der Waals surface area contributed by atoms with Crippen molar-refractivity contribution in [2.75, 3.05) is 25.1 Å². The molecule has 0 spiro atoms. The Kier molecular flexibility index (Phi) is 6.80. The molecule has 2 N–H and O–H groups in total. The first kappa shape index (κ1) is 23.5. The van der Waals surface area contributed by atoms with Crippen LogP contribution in [-0.2, 0) is 15.1 Å². The lowest BCUT2D eigenvalue weighted by Crippen LogP contribution is -2.42. The Balaban J connectivity index is 1.72. The molecule has 2 aromatic rings. The van der Waals surface area contributed by atoms with E-state index in [1.807, 2.05) is 13.8 Å². The first-order valence-electron chi connectivity index (χ1n) is 10.3. The number of nitrogens with one attached hydrogen (secondary N) is 2. The molecule has 0 unspecified atom stereocenters. The molecule has 0 radical (unpaired) electrons. The second-order valence-corrected chi connectivity index (χ2v) is 7.33. The topological polar surface area (TPSA) is 140 Å². The van der Waals surface area contributed by atoms with E-state index in [1.54, 1.807) is 18.2 Å². The molecular formula is C22H24N4O7. The van der Waals surface area contributed by atoms with Gasteiger partial charge in [-0.3, -0.25) is 24.6 Å². The van der Waals surface area contributed by atoms with Gasteiger partial charge in [-0.2, -0.15) is 0 Å². The molecule has 0 saturated carbocycles. The minimum absolute atomic E-state index is 0.142. The molecule has 0 aliphatic carbocycles. The zero-order chi connectivity index (χ0) is 24.2. The zero-order valence-electron chi connectivity index (χ0n) is 18.4. The Labute approximate surface area is 189 Å². The van der Waals surface area contributed by atoms with Crippen molar-refractivity contribution < 1.29 is 28.8 Å². The molecule has 1 aliphatic rings. The summed E-state index contributed by atoms with van der Waals surface area (Å²) in [5, 5.41) is 16.1. The average Bonchev–Trinajstić information content (AvgIpc) is 2.99. The van der Waals surface area contributed by atoms with E-state index in [2.05, 4.69) is 10.6 Å². The van der Waals surface area contributed by atoms with E-state index in [0.29, 0.717) is 36.0 Å². The van der Waals surface area contributed by atoms with Crippen LogP contribution in [-0.4, -0.2) is 47.4 Å². The number of nitro groups is 1. The van der Waals surface area contributed by atoms with Gasteiger partial charge in [-0.05, 0) is 50.6 Å². The summed E-state index contributed by atoms with van der Waals surface area (Å²) in [6, 6.07) is 9.43. The van der Waals surface area contributed by atoms with Crippen LogP contribution >= 0.6 is 0 Å². The quantitative estimate of drug-likeness (QED) is 0.336. The molecule has 3 rings (SSSR count). The minimum Gasteiger partial charge on any atom is -0.490 e. The number of carbonyl (C=O) groups excluding carboxylic acids is 3. The third kappa shape index (κ3) is 4.86. The second kappa shape index (κ2) is 9.55. The number of urea groups is 1. The SMILES string of the molecule is CCOc1ccc(NC(=O)CN2C(=O)N[C@@](C)(c3ccc([N+](=O)[O-])cc3)C2=O)cc1OCC. The average molecular weight is 456 g/mol. The standard InChI is InChI=1S/C22H24N4O7/c1-4-32-17-11-8-15(12-18(17)33-5-2)23-19(27)13-25-20(28)22(3,24-21(25)29)14-6-9-16(10-7-14)26(30)31/h6-12H,4-5,13H2,1-3H3,(H,23,27)(H,24,29)/t22-/m0/s1. The molecule has 1 saturated heterocycles. The maximum atomic E-state index is 13.0. The number of amides is 4. The van der Waals surface area contributed by atoms with Crippen molar-refractivity contribution >= 4 is 29.2 Å². The van der Waals surface area contributed by atoms with Crippen molar-refractivity contribution in [3.63, 3.8) is 0 Å². The molecule has 11 heteroatoms. The van der Waals surface area contributed by atoms with Crippen molar-refractivity contribution in [2.24, 2.45) is 0 Å². The Morgan fingerprint density at radius 1 is 1.09 bits per heavy atom. The summed E-state index contributed by atoms with van der Waals surface area (Å²) < 4.78 is 11.0. The minimum atomic E-state index is -1.45. The van der Waals surface area contributed by atoms with Crippen LogP contribution in [0.25, 0.3) is 0 Å². The molecule has 2 aromatic carbocycles. The highest BCUT2D eigenvalue weighted by Crippen LogP contribution is 2.32. The van der Waals surface area contributed by atoms with Crippen molar-refractivity contribution in [3.05, 3.63) is 58.1 Å². The largest absolute Gasteiger partial charge is 0.490 e. The van der Waals surface area contributed by atoms with Gasteiger partial charge in [0.2, 0.25) is 5.91 Å². The number of nitro benzene ring substituents is 1. The summed E-state index contributed by atoms with van der Waals surface area (Å²) in [7, 11) is 0. The fraction of sp³-hybridized carbons (Fsp3) is 0.318. The van der Waals surface area contributed by atoms with E-state index < -0.39 is 34.9 Å². The van der Waals surface area contributed by atoms with Gasteiger partial charge in [0, 0.05) is 23.9 Å². The molecule has 33 heavy (non-hydrogen) atoms. The number of hydrogen-bond donors (Lipinski definition) is 2. The summed E-state index contributed by atoms with van der Waals surface area (Å²) in [6.45, 7) is 5.48. The lowest BCUT2D eigenvalue weighted by molar-refractivity contribution is -0.384. The number of imide groups is 1.